The average Bonchev–Trinajstić information content (AvgIpc) is 3.25. The molecule has 1 aromatic heterocycles. The standard InChI is InChI=1S/C21H23NO4S/c1-3-4-5-6-15(2)18(23)10-7-16-8-12-20(24)22(16)14-13-17-9-11-19(27-17)21(25)26/h7,9-11,15-16,18,23H,3,6,8,12H2,1-2H3,(H,25,26)/b10-7+/t15?,16-,18+/m0/s1. The number of hydrogen-bond donors (Lipinski definition) is 2. The fourth-order valence-corrected chi connectivity index (χ4v) is 3.27. The zero-order chi connectivity index (χ0) is 19.8. The number of amides is 1. The van der Waals surface area contributed by atoms with E-state index in [9.17, 15) is 14.7 Å². The Morgan fingerprint density at radius 3 is 2.89 bits per heavy atom. The van der Waals surface area contributed by atoms with Gasteiger partial charge in [0.05, 0.1) is 17.0 Å². The van der Waals surface area contributed by atoms with Crippen molar-refractivity contribution in [2.24, 2.45) is 5.92 Å². The van der Waals surface area contributed by atoms with Gasteiger partial charge in [-0.25, -0.2) is 4.79 Å². The van der Waals surface area contributed by atoms with Crippen LogP contribution in [0.25, 0.3) is 0 Å². The number of aromatic carboxylic acids is 1. The Morgan fingerprint density at radius 2 is 2.22 bits per heavy atom. The van der Waals surface area contributed by atoms with Crippen LogP contribution in [0, 0.1) is 29.7 Å². The lowest BCUT2D eigenvalue weighted by Crippen LogP contribution is -2.27. The lowest BCUT2D eigenvalue weighted by molar-refractivity contribution is -0.125. The fourth-order valence-electron chi connectivity index (χ4n) is 2.58. The van der Waals surface area contributed by atoms with Gasteiger partial charge in [0.2, 0.25) is 5.91 Å². The molecule has 1 aromatic rings. The van der Waals surface area contributed by atoms with Crippen LogP contribution >= 0.6 is 11.3 Å². The highest BCUT2D eigenvalue weighted by molar-refractivity contribution is 7.14. The largest absolute Gasteiger partial charge is 0.477 e. The Labute approximate surface area is 163 Å². The van der Waals surface area contributed by atoms with Gasteiger partial charge < -0.3 is 10.2 Å². The van der Waals surface area contributed by atoms with Crippen LogP contribution in [-0.2, 0) is 4.79 Å². The second-order valence-corrected chi connectivity index (χ2v) is 7.42. The summed E-state index contributed by atoms with van der Waals surface area (Å²) in [6.07, 6.45) is 5.38. The number of rotatable bonds is 5. The van der Waals surface area contributed by atoms with E-state index >= 15 is 0 Å². The first-order chi connectivity index (χ1) is 12.9. The molecule has 0 radical (unpaired) electrons. The summed E-state index contributed by atoms with van der Waals surface area (Å²) in [6.45, 7) is 3.92. The number of carbonyl (C=O) groups excluding carboxylic acids is 1. The molecule has 0 aliphatic carbocycles. The van der Waals surface area contributed by atoms with Crippen molar-refractivity contribution in [3.8, 4) is 23.8 Å². The molecule has 3 atom stereocenters. The minimum Gasteiger partial charge on any atom is -0.477 e. The minimum atomic E-state index is -0.988. The van der Waals surface area contributed by atoms with E-state index < -0.39 is 12.1 Å². The first-order valence-electron chi connectivity index (χ1n) is 8.91. The molecule has 2 heterocycles. The summed E-state index contributed by atoms with van der Waals surface area (Å²) in [7, 11) is 0. The Balaban J connectivity index is 2.03. The van der Waals surface area contributed by atoms with Gasteiger partial charge in [-0.15, -0.1) is 23.2 Å². The summed E-state index contributed by atoms with van der Waals surface area (Å²) in [5.74, 6) is 7.85. The predicted molar refractivity (Wildman–Crippen MR) is 105 cm³/mol. The van der Waals surface area contributed by atoms with Crippen LogP contribution in [0.15, 0.2) is 24.3 Å². The Kier molecular flexibility index (Phi) is 7.67. The molecule has 2 rings (SSSR count). The molecule has 1 aliphatic rings. The van der Waals surface area contributed by atoms with E-state index in [1.165, 1.54) is 11.0 Å². The maximum absolute atomic E-state index is 12.1. The molecule has 1 aliphatic heterocycles. The smallest absolute Gasteiger partial charge is 0.345 e. The molecule has 6 heteroatoms. The third-order valence-electron chi connectivity index (χ3n) is 4.21. The van der Waals surface area contributed by atoms with Gasteiger partial charge in [-0.1, -0.05) is 26.0 Å². The molecule has 0 spiro atoms. The van der Waals surface area contributed by atoms with Gasteiger partial charge in [0, 0.05) is 25.3 Å². The topological polar surface area (TPSA) is 77.8 Å². The molecule has 0 saturated carbocycles. The van der Waals surface area contributed by atoms with Gasteiger partial charge in [0.1, 0.15) is 4.88 Å². The van der Waals surface area contributed by atoms with Crippen molar-refractivity contribution in [3.05, 3.63) is 34.0 Å². The lowest BCUT2D eigenvalue weighted by Gasteiger charge is -2.17. The molecule has 142 valence electrons. The van der Waals surface area contributed by atoms with Gasteiger partial charge in [0.15, 0.2) is 0 Å². The summed E-state index contributed by atoms with van der Waals surface area (Å²) in [5.41, 5.74) is 0. The number of aliphatic hydroxyl groups excluding tert-OH is 1. The summed E-state index contributed by atoms with van der Waals surface area (Å²) >= 11 is 1.08. The van der Waals surface area contributed by atoms with E-state index in [1.54, 1.807) is 12.1 Å². The van der Waals surface area contributed by atoms with E-state index in [2.05, 4.69) is 23.8 Å². The van der Waals surface area contributed by atoms with Gasteiger partial charge in [-0.3, -0.25) is 9.69 Å². The lowest BCUT2D eigenvalue weighted by atomic mass is 10.00. The molecule has 1 fully saturated rings. The molecule has 1 saturated heterocycles. The van der Waals surface area contributed by atoms with Crippen LogP contribution in [0.2, 0.25) is 0 Å². The summed E-state index contributed by atoms with van der Waals surface area (Å²) in [5, 5.41) is 19.2. The Bertz CT molecular complexity index is 834. The first kappa shape index (κ1) is 20.8. The number of aliphatic hydroxyl groups is 1. The van der Waals surface area contributed by atoms with Crippen molar-refractivity contribution in [1.29, 1.82) is 0 Å². The van der Waals surface area contributed by atoms with Crippen LogP contribution in [0.1, 0.15) is 54.1 Å². The highest BCUT2D eigenvalue weighted by Crippen LogP contribution is 2.21. The molecule has 1 unspecified atom stereocenters. The molecule has 27 heavy (non-hydrogen) atoms. The van der Waals surface area contributed by atoms with E-state index in [1.807, 2.05) is 19.9 Å². The molecular formula is C21H23NO4S. The monoisotopic (exact) mass is 385 g/mol. The fraction of sp³-hybridized carbons (Fsp3) is 0.429. The van der Waals surface area contributed by atoms with Gasteiger partial charge in [-0.2, -0.15) is 0 Å². The van der Waals surface area contributed by atoms with Crippen LogP contribution in [-0.4, -0.2) is 39.1 Å². The zero-order valence-electron chi connectivity index (χ0n) is 15.4. The van der Waals surface area contributed by atoms with Gasteiger partial charge in [-0.05, 0) is 30.4 Å². The number of carbonyl (C=O) groups is 2. The molecule has 2 N–H and O–H groups in total. The second-order valence-electron chi connectivity index (χ2n) is 6.34. The van der Waals surface area contributed by atoms with Crippen LogP contribution in [0.4, 0.5) is 0 Å². The van der Waals surface area contributed by atoms with Crippen molar-refractivity contribution in [3.63, 3.8) is 0 Å². The highest BCUT2D eigenvalue weighted by atomic mass is 32.1. The SMILES string of the molecule is CCC#CCC(C)[C@H](O)/C=C/[C@H]1CCC(=O)N1C#Cc1ccc(C(=O)O)s1. The van der Waals surface area contributed by atoms with Crippen molar-refractivity contribution in [1.82, 2.24) is 4.90 Å². The molecular weight excluding hydrogens is 362 g/mol. The summed E-state index contributed by atoms with van der Waals surface area (Å²) in [4.78, 5) is 25.3. The second kappa shape index (κ2) is 9.97. The van der Waals surface area contributed by atoms with Crippen molar-refractivity contribution in [2.45, 2.75) is 51.7 Å². The minimum absolute atomic E-state index is 0.0116. The number of thiophene rings is 1. The number of hydrogen-bond acceptors (Lipinski definition) is 4. The van der Waals surface area contributed by atoms with E-state index in [0.717, 1.165) is 17.8 Å². The van der Waals surface area contributed by atoms with E-state index in [4.69, 9.17) is 5.11 Å². The van der Waals surface area contributed by atoms with Crippen LogP contribution in [0.3, 0.4) is 0 Å². The maximum Gasteiger partial charge on any atom is 0.345 e. The zero-order valence-corrected chi connectivity index (χ0v) is 16.3. The normalized spacial score (nSPS) is 18.6. The van der Waals surface area contributed by atoms with Crippen molar-refractivity contribution >= 4 is 23.2 Å². The third kappa shape index (κ3) is 5.99. The Hall–Kier alpha value is -2.54. The molecule has 0 bridgehead atoms. The number of likely N-dealkylation sites (tertiary alicyclic amines) is 1. The predicted octanol–water partition coefficient (Wildman–Crippen LogP) is 3.10. The molecule has 0 aromatic carbocycles. The van der Waals surface area contributed by atoms with E-state index in [0.29, 0.717) is 24.1 Å². The number of nitrogens with zero attached hydrogens (tertiary/aromatic N) is 1. The summed E-state index contributed by atoms with van der Waals surface area (Å²) < 4.78 is 0. The molecule has 5 nitrogen and oxygen atoms in total. The van der Waals surface area contributed by atoms with Crippen molar-refractivity contribution in [2.75, 3.05) is 0 Å². The number of carboxylic acids is 1. The van der Waals surface area contributed by atoms with Crippen LogP contribution < -0.4 is 0 Å². The van der Waals surface area contributed by atoms with Gasteiger partial charge >= 0.3 is 5.97 Å². The third-order valence-corrected chi connectivity index (χ3v) is 5.20. The quantitative estimate of drug-likeness (QED) is 0.603. The average molecular weight is 385 g/mol. The number of carboxylic acid groups (broad SMARTS) is 1. The maximum atomic E-state index is 12.1. The van der Waals surface area contributed by atoms with Crippen molar-refractivity contribution < 1.29 is 19.8 Å². The Morgan fingerprint density at radius 1 is 1.44 bits per heavy atom. The van der Waals surface area contributed by atoms with E-state index in [-0.39, 0.29) is 22.7 Å². The summed E-state index contributed by atoms with van der Waals surface area (Å²) in [6, 6.07) is 5.79. The molecule has 1 amide bonds. The van der Waals surface area contributed by atoms with Crippen LogP contribution in [0.5, 0.6) is 0 Å². The first-order valence-corrected chi connectivity index (χ1v) is 9.73. The highest BCUT2D eigenvalue weighted by Gasteiger charge is 2.28. The van der Waals surface area contributed by atoms with Gasteiger partial charge in [0.25, 0.3) is 0 Å².